The number of Topliss-reactive ketones (excluding diaryl/α,β-unsaturated/α-hetero) is 1. The summed E-state index contributed by atoms with van der Waals surface area (Å²) in [6.45, 7) is 1.70. The molecule has 0 atom stereocenters. The topological polar surface area (TPSA) is 122 Å². The normalized spacial score (nSPS) is 14.6. The van der Waals surface area contributed by atoms with Crippen molar-refractivity contribution in [2.45, 2.75) is 6.92 Å². The minimum atomic E-state index is -0.854. The third-order valence-electron chi connectivity index (χ3n) is 4.46. The molecule has 1 aliphatic heterocycles. The van der Waals surface area contributed by atoms with E-state index in [1.807, 2.05) is 6.07 Å². The number of hydrogen-bond donors (Lipinski definition) is 3. The predicted molar refractivity (Wildman–Crippen MR) is 111 cm³/mol. The fourth-order valence-corrected chi connectivity index (χ4v) is 3.02. The molecular weight excluding hydrogens is 400 g/mol. The Hall–Kier alpha value is -4.40. The molecule has 0 radical (unpaired) electrons. The van der Waals surface area contributed by atoms with Gasteiger partial charge >= 0.3 is 5.97 Å². The number of benzene rings is 1. The third kappa shape index (κ3) is 4.01. The molecule has 156 valence electrons. The van der Waals surface area contributed by atoms with Gasteiger partial charge in [-0.2, -0.15) is 0 Å². The number of aromatic nitrogens is 2. The van der Waals surface area contributed by atoms with Gasteiger partial charge in [0, 0.05) is 28.9 Å². The highest BCUT2D eigenvalue weighted by atomic mass is 16.5. The monoisotopic (exact) mass is 418 g/mol. The molecule has 1 amide bonds. The van der Waals surface area contributed by atoms with Gasteiger partial charge in [-0.1, -0.05) is 18.2 Å². The number of esters is 1. The van der Waals surface area contributed by atoms with E-state index in [-0.39, 0.29) is 23.8 Å². The van der Waals surface area contributed by atoms with Crippen LogP contribution in [0.2, 0.25) is 0 Å². The molecular formula is C22H18N4O5. The summed E-state index contributed by atoms with van der Waals surface area (Å²) < 4.78 is 10.6. The van der Waals surface area contributed by atoms with Crippen LogP contribution < -0.4 is 10.9 Å². The number of ether oxygens (including phenoxy) is 2. The average molecular weight is 418 g/mol. The van der Waals surface area contributed by atoms with Gasteiger partial charge in [0.25, 0.3) is 5.91 Å². The van der Waals surface area contributed by atoms with Crippen LogP contribution in [0.5, 0.6) is 0 Å². The standard InChI is InChI=1S/C22H18N4O5/c1-2-30-22(29)17-18(27)16(11-14-12-24-19-15(14)9-6-10-23-19)31-21(17)26-25-20(28)13-7-4-3-5-8-13/h3-12,26H,2H2,1H3,(H,23,24)(H,25,28). The SMILES string of the molecule is CCOC(=O)C1=C(NNC(=O)c2ccccc2)OC(=Cc2c[nH]c3ncccc23)C1=O. The van der Waals surface area contributed by atoms with E-state index in [9.17, 15) is 14.4 Å². The van der Waals surface area contributed by atoms with Crippen LogP contribution in [-0.4, -0.2) is 34.2 Å². The van der Waals surface area contributed by atoms with Crippen molar-refractivity contribution in [2.24, 2.45) is 0 Å². The first-order valence-corrected chi connectivity index (χ1v) is 9.47. The number of aromatic amines is 1. The zero-order chi connectivity index (χ0) is 21.8. The molecule has 0 saturated heterocycles. The molecule has 0 unspecified atom stereocenters. The molecule has 0 spiro atoms. The molecule has 31 heavy (non-hydrogen) atoms. The van der Waals surface area contributed by atoms with Crippen molar-refractivity contribution in [3.05, 3.63) is 83.2 Å². The van der Waals surface area contributed by atoms with Gasteiger partial charge < -0.3 is 14.5 Å². The average Bonchev–Trinajstić information content (AvgIpc) is 3.34. The van der Waals surface area contributed by atoms with Crippen molar-refractivity contribution >= 4 is 34.8 Å². The Bertz CT molecular complexity index is 1230. The number of hydrogen-bond acceptors (Lipinski definition) is 7. The molecule has 4 rings (SSSR count). The van der Waals surface area contributed by atoms with E-state index in [2.05, 4.69) is 20.8 Å². The Morgan fingerprint density at radius 2 is 2.00 bits per heavy atom. The van der Waals surface area contributed by atoms with Crippen LogP contribution in [0.15, 0.2) is 72.1 Å². The second-order valence-corrected chi connectivity index (χ2v) is 6.45. The molecule has 3 N–H and O–H groups in total. The number of carbonyl (C=O) groups is 3. The van der Waals surface area contributed by atoms with E-state index < -0.39 is 17.7 Å². The second-order valence-electron chi connectivity index (χ2n) is 6.45. The van der Waals surface area contributed by atoms with Crippen molar-refractivity contribution in [1.82, 2.24) is 20.8 Å². The quantitative estimate of drug-likeness (QED) is 0.243. The van der Waals surface area contributed by atoms with Gasteiger partial charge in [-0.25, -0.2) is 9.78 Å². The number of fused-ring (bicyclic) bond motifs is 1. The predicted octanol–water partition coefficient (Wildman–Crippen LogP) is 2.21. The molecule has 1 aromatic carbocycles. The van der Waals surface area contributed by atoms with Crippen LogP contribution in [0, 0.1) is 0 Å². The molecule has 9 heteroatoms. The van der Waals surface area contributed by atoms with Gasteiger partial charge in [0.1, 0.15) is 5.65 Å². The van der Waals surface area contributed by atoms with Gasteiger partial charge in [0.15, 0.2) is 11.3 Å². The van der Waals surface area contributed by atoms with Crippen LogP contribution in [0.25, 0.3) is 17.1 Å². The van der Waals surface area contributed by atoms with Crippen molar-refractivity contribution in [1.29, 1.82) is 0 Å². The van der Waals surface area contributed by atoms with Crippen molar-refractivity contribution in [3.63, 3.8) is 0 Å². The molecule has 3 aromatic rings. The maximum Gasteiger partial charge on any atom is 0.347 e. The third-order valence-corrected chi connectivity index (χ3v) is 4.46. The van der Waals surface area contributed by atoms with Crippen molar-refractivity contribution < 1.29 is 23.9 Å². The van der Waals surface area contributed by atoms with Crippen molar-refractivity contribution in [3.8, 4) is 0 Å². The fourth-order valence-electron chi connectivity index (χ4n) is 3.02. The number of nitrogens with zero attached hydrogens (tertiary/aromatic N) is 1. The van der Waals surface area contributed by atoms with E-state index >= 15 is 0 Å². The van der Waals surface area contributed by atoms with Gasteiger partial charge in [-0.15, -0.1) is 0 Å². The summed E-state index contributed by atoms with van der Waals surface area (Å²) in [5.41, 5.74) is 6.30. The summed E-state index contributed by atoms with van der Waals surface area (Å²) in [7, 11) is 0. The Balaban J connectivity index is 1.60. The van der Waals surface area contributed by atoms with Gasteiger partial charge in [0.2, 0.25) is 11.7 Å². The lowest BCUT2D eigenvalue weighted by molar-refractivity contribution is -0.139. The number of H-pyrrole nitrogens is 1. The number of nitrogens with one attached hydrogen (secondary N) is 3. The first kappa shape index (κ1) is 19.9. The molecule has 1 aliphatic rings. The minimum absolute atomic E-state index is 0.0758. The van der Waals surface area contributed by atoms with E-state index in [4.69, 9.17) is 9.47 Å². The summed E-state index contributed by atoms with van der Waals surface area (Å²) in [4.78, 5) is 44.7. The van der Waals surface area contributed by atoms with E-state index in [0.717, 1.165) is 5.39 Å². The van der Waals surface area contributed by atoms with Crippen LogP contribution in [0.4, 0.5) is 0 Å². The molecule has 9 nitrogen and oxygen atoms in total. The van der Waals surface area contributed by atoms with Crippen LogP contribution in [-0.2, 0) is 19.1 Å². The Kier molecular flexibility index (Phi) is 5.48. The number of pyridine rings is 1. The molecule has 0 fully saturated rings. The van der Waals surface area contributed by atoms with E-state index in [1.165, 1.54) is 6.08 Å². The number of hydrazine groups is 1. The lowest BCUT2D eigenvalue weighted by atomic mass is 10.1. The minimum Gasteiger partial charge on any atom is -0.462 e. The van der Waals surface area contributed by atoms with Gasteiger partial charge in [-0.3, -0.25) is 20.4 Å². The Labute approximate surface area is 176 Å². The van der Waals surface area contributed by atoms with Gasteiger partial charge in [0.05, 0.1) is 6.61 Å². The summed E-state index contributed by atoms with van der Waals surface area (Å²) in [5, 5.41) is 0.780. The first-order valence-electron chi connectivity index (χ1n) is 9.47. The highest BCUT2D eigenvalue weighted by molar-refractivity contribution is 6.26. The smallest absolute Gasteiger partial charge is 0.347 e. The summed E-state index contributed by atoms with van der Waals surface area (Å²) in [5.74, 6) is -2.28. The highest BCUT2D eigenvalue weighted by Crippen LogP contribution is 2.28. The highest BCUT2D eigenvalue weighted by Gasteiger charge is 2.37. The number of carbonyl (C=O) groups excluding carboxylic acids is 3. The zero-order valence-corrected chi connectivity index (χ0v) is 16.5. The fraction of sp³-hybridized carbons (Fsp3) is 0.0909. The summed E-state index contributed by atoms with van der Waals surface area (Å²) in [6, 6.07) is 12.0. The van der Waals surface area contributed by atoms with E-state index in [1.54, 1.807) is 55.7 Å². The van der Waals surface area contributed by atoms with E-state index in [0.29, 0.717) is 16.8 Å². The lowest BCUT2D eigenvalue weighted by Crippen LogP contribution is -2.37. The molecule has 3 heterocycles. The second kappa shape index (κ2) is 8.54. The Morgan fingerprint density at radius 3 is 2.77 bits per heavy atom. The van der Waals surface area contributed by atoms with Crippen LogP contribution >= 0.6 is 0 Å². The maximum absolute atomic E-state index is 12.9. The maximum atomic E-state index is 12.9. The van der Waals surface area contributed by atoms with Crippen LogP contribution in [0.3, 0.4) is 0 Å². The Morgan fingerprint density at radius 1 is 1.19 bits per heavy atom. The molecule has 0 saturated carbocycles. The number of allylic oxidation sites excluding steroid dienone is 1. The van der Waals surface area contributed by atoms with Crippen LogP contribution in [0.1, 0.15) is 22.8 Å². The lowest BCUT2D eigenvalue weighted by Gasteiger charge is -2.10. The molecule has 0 bridgehead atoms. The zero-order valence-electron chi connectivity index (χ0n) is 16.5. The number of amides is 1. The summed E-state index contributed by atoms with van der Waals surface area (Å²) >= 11 is 0. The first-order chi connectivity index (χ1) is 15.1. The number of ketones is 1. The van der Waals surface area contributed by atoms with Gasteiger partial charge in [-0.05, 0) is 37.3 Å². The number of rotatable bonds is 6. The summed E-state index contributed by atoms with van der Waals surface area (Å²) in [6.07, 6.45) is 4.81. The van der Waals surface area contributed by atoms with Crippen molar-refractivity contribution in [2.75, 3.05) is 6.61 Å². The largest absolute Gasteiger partial charge is 0.462 e. The molecule has 2 aromatic heterocycles. The molecule has 0 aliphatic carbocycles.